The second-order valence-corrected chi connectivity index (χ2v) is 3.11. The normalized spacial score (nSPS) is 12.2. The van der Waals surface area contributed by atoms with Crippen molar-refractivity contribution < 1.29 is 4.39 Å². The van der Waals surface area contributed by atoms with Crippen molar-refractivity contribution in [2.75, 3.05) is 5.73 Å². The number of nitriles is 1. The van der Waals surface area contributed by atoms with Crippen molar-refractivity contribution in [3.8, 4) is 6.07 Å². The van der Waals surface area contributed by atoms with E-state index in [-0.39, 0.29) is 5.69 Å². The minimum Gasteiger partial charge on any atom is -0.396 e. The molecule has 1 unspecified atom stereocenters. The zero-order chi connectivity index (χ0) is 10.0. The summed E-state index contributed by atoms with van der Waals surface area (Å²) in [5, 5.41) is 8.64. The molecule has 2 nitrogen and oxygen atoms in total. The molecule has 2 N–H and O–H groups in total. The Morgan fingerprint density at radius 3 is 2.69 bits per heavy atom. The van der Waals surface area contributed by atoms with Gasteiger partial charge in [-0.3, -0.25) is 0 Å². The number of nitrogens with two attached hydrogens (primary N) is 1. The van der Waals surface area contributed by atoms with Gasteiger partial charge in [0.05, 0.1) is 17.7 Å². The highest BCUT2D eigenvalue weighted by Gasteiger charge is 2.12. The van der Waals surface area contributed by atoms with Gasteiger partial charge in [-0.15, -0.1) is 0 Å². The van der Waals surface area contributed by atoms with Crippen molar-refractivity contribution in [3.05, 3.63) is 29.1 Å². The maximum Gasteiger partial charge on any atom is 0.150 e. The lowest BCUT2D eigenvalue weighted by Gasteiger charge is -2.08. The predicted molar refractivity (Wildman–Crippen MR) is 49.6 cm³/mol. The molecule has 68 valence electrons. The van der Waals surface area contributed by atoms with Gasteiger partial charge in [0.25, 0.3) is 0 Å². The van der Waals surface area contributed by atoms with E-state index in [9.17, 15) is 4.39 Å². The smallest absolute Gasteiger partial charge is 0.150 e. The molecule has 13 heavy (non-hydrogen) atoms. The third-order valence-electron chi connectivity index (χ3n) is 1.93. The first-order valence-electron chi connectivity index (χ1n) is 4.01. The number of halogens is 1. The highest BCUT2D eigenvalue weighted by Crippen LogP contribution is 2.24. The molecule has 1 rings (SSSR count). The quantitative estimate of drug-likeness (QED) is 0.671. The molecule has 0 bridgehead atoms. The minimum atomic E-state index is -0.473. The van der Waals surface area contributed by atoms with Crippen molar-refractivity contribution in [1.29, 1.82) is 5.26 Å². The SMILES string of the molecule is Cc1cc(N)c(F)c(C(C)C#N)c1. The van der Waals surface area contributed by atoms with Crippen LogP contribution < -0.4 is 5.73 Å². The number of nitrogens with zero attached hydrogens (tertiary/aromatic N) is 1. The first-order valence-corrected chi connectivity index (χ1v) is 4.01. The van der Waals surface area contributed by atoms with Gasteiger partial charge < -0.3 is 5.73 Å². The molecule has 1 aromatic rings. The Labute approximate surface area is 76.8 Å². The monoisotopic (exact) mass is 178 g/mol. The van der Waals surface area contributed by atoms with Crippen LogP contribution in [0, 0.1) is 24.1 Å². The van der Waals surface area contributed by atoms with E-state index in [1.807, 2.05) is 13.0 Å². The summed E-state index contributed by atoms with van der Waals surface area (Å²) >= 11 is 0. The number of anilines is 1. The number of hydrogen-bond acceptors (Lipinski definition) is 2. The highest BCUT2D eigenvalue weighted by atomic mass is 19.1. The molecule has 0 spiro atoms. The molecule has 0 radical (unpaired) electrons. The Morgan fingerprint density at radius 2 is 2.15 bits per heavy atom. The van der Waals surface area contributed by atoms with E-state index in [0.29, 0.717) is 5.56 Å². The fourth-order valence-electron chi connectivity index (χ4n) is 1.21. The largest absolute Gasteiger partial charge is 0.396 e. The van der Waals surface area contributed by atoms with Gasteiger partial charge in [0.1, 0.15) is 0 Å². The fourth-order valence-corrected chi connectivity index (χ4v) is 1.21. The van der Waals surface area contributed by atoms with Crippen molar-refractivity contribution in [3.63, 3.8) is 0 Å². The van der Waals surface area contributed by atoms with Crippen LogP contribution in [-0.4, -0.2) is 0 Å². The summed E-state index contributed by atoms with van der Waals surface area (Å²) in [5.74, 6) is -0.929. The van der Waals surface area contributed by atoms with Crippen LogP contribution in [-0.2, 0) is 0 Å². The fraction of sp³-hybridized carbons (Fsp3) is 0.300. The molecule has 0 aliphatic rings. The molecule has 0 heterocycles. The van der Waals surface area contributed by atoms with Gasteiger partial charge in [-0.2, -0.15) is 5.26 Å². The second-order valence-electron chi connectivity index (χ2n) is 3.11. The van der Waals surface area contributed by atoms with Crippen molar-refractivity contribution in [2.24, 2.45) is 0 Å². The molecular weight excluding hydrogens is 167 g/mol. The van der Waals surface area contributed by atoms with E-state index >= 15 is 0 Å². The van der Waals surface area contributed by atoms with Crippen LogP contribution in [0.3, 0.4) is 0 Å². The average molecular weight is 178 g/mol. The molecular formula is C10H11FN2. The molecule has 0 aliphatic heterocycles. The summed E-state index contributed by atoms with van der Waals surface area (Å²) in [6.07, 6.45) is 0. The van der Waals surface area contributed by atoms with Crippen LogP contribution in [0.2, 0.25) is 0 Å². The van der Waals surface area contributed by atoms with Gasteiger partial charge in [0.15, 0.2) is 5.82 Å². The van der Waals surface area contributed by atoms with E-state index in [1.54, 1.807) is 19.1 Å². The topological polar surface area (TPSA) is 49.8 Å². The van der Waals surface area contributed by atoms with Crippen LogP contribution in [0.5, 0.6) is 0 Å². The number of aryl methyl sites for hydroxylation is 1. The lowest BCUT2D eigenvalue weighted by atomic mass is 9.99. The molecule has 1 aromatic carbocycles. The maximum absolute atomic E-state index is 13.3. The second kappa shape index (κ2) is 3.44. The van der Waals surface area contributed by atoms with Crippen molar-refractivity contribution in [1.82, 2.24) is 0 Å². The van der Waals surface area contributed by atoms with E-state index in [1.165, 1.54) is 0 Å². The van der Waals surface area contributed by atoms with Gasteiger partial charge in [0.2, 0.25) is 0 Å². The third kappa shape index (κ3) is 1.78. The van der Waals surface area contributed by atoms with Gasteiger partial charge in [-0.25, -0.2) is 4.39 Å². The van der Waals surface area contributed by atoms with Crippen LogP contribution in [0.4, 0.5) is 10.1 Å². The zero-order valence-electron chi connectivity index (χ0n) is 7.63. The Morgan fingerprint density at radius 1 is 1.54 bits per heavy atom. The summed E-state index contributed by atoms with van der Waals surface area (Å²) in [5.41, 5.74) is 6.78. The van der Waals surface area contributed by atoms with Gasteiger partial charge in [0, 0.05) is 5.56 Å². The number of hydrogen-bond donors (Lipinski definition) is 1. The van der Waals surface area contributed by atoms with Gasteiger partial charge >= 0.3 is 0 Å². The lowest BCUT2D eigenvalue weighted by molar-refractivity contribution is 0.610. The third-order valence-corrected chi connectivity index (χ3v) is 1.93. The van der Waals surface area contributed by atoms with Gasteiger partial charge in [-0.1, -0.05) is 6.07 Å². The van der Waals surface area contributed by atoms with Crippen LogP contribution in [0.15, 0.2) is 12.1 Å². The molecule has 0 saturated carbocycles. The Hall–Kier alpha value is -1.56. The molecule has 3 heteroatoms. The first kappa shape index (κ1) is 9.53. The van der Waals surface area contributed by atoms with E-state index < -0.39 is 11.7 Å². The van der Waals surface area contributed by atoms with Crippen LogP contribution in [0.25, 0.3) is 0 Å². The zero-order valence-corrected chi connectivity index (χ0v) is 7.63. The summed E-state index contributed by atoms with van der Waals surface area (Å²) < 4.78 is 13.3. The number of rotatable bonds is 1. The van der Waals surface area contributed by atoms with Crippen LogP contribution in [0.1, 0.15) is 24.0 Å². The van der Waals surface area contributed by atoms with E-state index in [4.69, 9.17) is 11.0 Å². The summed E-state index contributed by atoms with van der Waals surface area (Å²) in [7, 11) is 0. The minimum absolute atomic E-state index is 0.108. The average Bonchev–Trinajstić information content (AvgIpc) is 2.10. The molecule has 0 aliphatic carbocycles. The molecule has 0 fully saturated rings. The number of nitrogen functional groups attached to an aromatic ring is 1. The summed E-state index contributed by atoms with van der Waals surface area (Å²) in [6, 6.07) is 5.19. The predicted octanol–water partition coefficient (Wildman–Crippen LogP) is 2.34. The van der Waals surface area contributed by atoms with E-state index in [2.05, 4.69) is 0 Å². The molecule has 0 aromatic heterocycles. The Bertz CT molecular complexity index is 366. The first-order chi connectivity index (χ1) is 6.06. The van der Waals surface area contributed by atoms with Crippen molar-refractivity contribution >= 4 is 5.69 Å². The lowest BCUT2D eigenvalue weighted by Crippen LogP contribution is -2.00. The molecule has 0 amide bonds. The van der Waals surface area contributed by atoms with Crippen LogP contribution >= 0.6 is 0 Å². The van der Waals surface area contributed by atoms with Crippen molar-refractivity contribution in [2.45, 2.75) is 19.8 Å². The molecule has 0 saturated heterocycles. The summed E-state index contributed by atoms with van der Waals surface area (Å²) in [4.78, 5) is 0. The van der Waals surface area contributed by atoms with E-state index in [0.717, 1.165) is 5.56 Å². The summed E-state index contributed by atoms with van der Waals surface area (Å²) in [6.45, 7) is 3.47. The molecule has 1 atom stereocenters. The highest BCUT2D eigenvalue weighted by molar-refractivity contribution is 5.48. The maximum atomic E-state index is 13.3. The Kier molecular flexibility index (Phi) is 2.52. The standard InChI is InChI=1S/C10H11FN2/c1-6-3-8(7(2)5-12)10(11)9(13)4-6/h3-4,7H,13H2,1-2H3. The van der Waals surface area contributed by atoms with Gasteiger partial charge in [-0.05, 0) is 25.5 Å². The number of benzene rings is 1. The Balaban J connectivity index is 3.30.